The molecule has 1 rings (SSSR count). The third-order valence-corrected chi connectivity index (χ3v) is 12.0. The van der Waals surface area contributed by atoms with Crippen LogP contribution in [0.5, 0.6) is 0 Å². The molecular formula is C44H87NO12S. The van der Waals surface area contributed by atoms with E-state index in [0.29, 0.717) is 19.3 Å². The highest BCUT2D eigenvalue weighted by molar-refractivity contribution is 7.80. The van der Waals surface area contributed by atoms with Crippen molar-refractivity contribution in [2.24, 2.45) is 0 Å². The molecule has 0 radical (unpaired) electrons. The van der Waals surface area contributed by atoms with Crippen LogP contribution in [-0.4, -0.2) is 107 Å². The number of aliphatic hydroxyl groups is 5. The normalized spacial score (nSPS) is 21.6. The molecule has 8 atom stereocenters. The van der Waals surface area contributed by atoms with Crippen molar-refractivity contribution in [3.8, 4) is 0 Å². The maximum atomic E-state index is 13.1. The van der Waals surface area contributed by atoms with Gasteiger partial charge in [0.05, 0.1) is 25.4 Å². The van der Waals surface area contributed by atoms with Gasteiger partial charge in [0, 0.05) is 0 Å². The summed E-state index contributed by atoms with van der Waals surface area (Å²) in [7, 11) is -5.10. The summed E-state index contributed by atoms with van der Waals surface area (Å²) >= 11 is 0. The van der Waals surface area contributed by atoms with Crippen LogP contribution in [0.25, 0.3) is 0 Å². The molecule has 1 aliphatic heterocycles. The highest BCUT2D eigenvalue weighted by Crippen LogP contribution is 2.26. The minimum absolute atomic E-state index is 0.266. The van der Waals surface area contributed by atoms with Crippen molar-refractivity contribution in [1.82, 2.24) is 5.32 Å². The molecule has 1 fully saturated rings. The van der Waals surface area contributed by atoms with E-state index >= 15 is 0 Å². The van der Waals surface area contributed by atoms with E-state index in [1.807, 2.05) is 0 Å². The van der Waals surface area contributed by atoms with E-state index in [9.17, 15) is 43.3 Å². The summed E-state index contributed by atoms with van der Waals surface area (Å²) in [6, 6.07) is -1.03. The van der Waals surface area contributed by atoms with Crippen LogP contribution in [0.1, 0.15) is 213 Å². The molecule has 8 unspecified atom stereocenters. The van der Waals surface area contributed by atoms with Gasteiger partial charge in [-0.05, 0) is 12.8 Å². The zero-order valence-corrected chi connectivity index (χ0v) is 37.3. The van der Waals surface area contributed by atoms with Crippen molar-refractivity contribution in [2.45, 2.75) is 262 Å². The quantitative estimate of drug-likeness (QED) is 0.0231. The Kier molecular flexibility index (Phi) is 33.8. The zero-order valence-electron chi connectivity index (χ0n) is 36.5. The monoisotopic (exact) mass is 854 g/mol. The lowest BCUT2D eigenvalue weighted by atomic mass is 9.99. The summed E-state index contributed by atoms with van der Waals surface area (Å²) in [5.74, 6) is -0.666. The van der Waals surface area contributed by atoms with Crippen LogP contribution in [-0.2, 0) is 28.9 Å². The van der Waals surface area contributed by atoms with E-state index in [1.54, 1.807) is 0 Å². The molecule has 0 spiro atoms. The minimum atomic E-state index is -5.10. The molecular weight excluding hydrogens is 767 g/mol. The van der Waals surface area contributed by atoms with Crippen molar-refractivity contribution < 1.29 is 57.0 Å². The predicted octanol–water partition coefficient (Wildman–Crippen LogP) is 7.97. The lowest BCUT2D eigenvalue weighted by molar-refractivity contribution is -0.298. The fourth-order valence-electron chi connectivity index (χ4n) is 7.76. The largest absolute Gasteiger partial charge is 0.397 e. The van der Waals surface area contributed by atoms with Gasteiger partial charge in [0.25, 0.3) is 0 Å². The number of amides is 1. The molecule has 0 aromatic rings. The molecule has 0 saturated carbocycles. The number of ether oxygens (including phenoxy) is 2. The molecule has 1 amide bonds. The van der Waals surface area contributed by atoms with Crippen LogP contribution in [0.2, 0.25) is 0 Å². The van der Waals surface area contributed by atoms with Gasteiger partial charge in [0.15, 0.2) is 6.29 Å². The fraction of sp³-hybridized carbons (Fsp3) is 0.977. The van der Waals surface area contributed by atoms with Crippen molar-refractivity contribution >= 4 is 16.3 Å². The number of rotatable bonds is 40. The van der Waals surface area contributed by atoms with E-state index < -0.39 is 78.5 Å². The van der Waals surface area contributed by atoms with Crippen LogP contribution < -0.4 is 5.32 Å². The predicted molar refractivity (Wildman–Crippen MR) is 229 cm³/mol. The first-order chi connectivity index (χ1) is 27.9. The second kappa shape index (κ2) is 35.6. The third kappa shape index (κ3) is 27.8. The summed E-state index contributed by atoms with van der Waals surface area (Å²) in [6.45, 7) is 3.28. The fourth-order valence-corrected chi connectivity index (χ4v) is 8.27. The number of carbonyl (C=O) groups is 1. The Hall–Kier alpha value is -0.940. The number of carbonyl (C=O) groups excluding carboxylic acids is 1. The average molecular weight is 854 g/mol. The second-order valence-corrected chi connectivity index (χ2v) is 17.9. The highest BCUT2D eigenvalue weighted by Gasteiger charge is 2.48. The Morgan fingerprint density at radius 3 is 1.38 bits per heavy atom. The Morgan fingerprint density at radius 2 is 1.00 bits per heavy atom. The van der Waals surface area contributed by atoms with Crippen LogP contribution in [0, 0.1) is 0 Å². The van der Waals surface area contributed by atoms with E-state index in [1.165, 1.54) is 135 Å². The summed E-state index contributed by atoms with van der Waals surface area (Å²) in [5, 5.41) is 55.3. The molecule has 346 valence electrons. The van der Waals surface area contributed by atoms with Crippen molar-refractivity contribution in [2.75, 3.05) is 13.2 Å². The smallest absolute Gasteiger partial charge is 0.394 e. The Morgan fingerprint density at radius 1 is 0.621 bits per heavy atom. The molecule has 58 heavy (non-hydrogen) atoms. The highest BCUT2D eigenvalue weighted by atomic mass is 32.3. The van der Waals surface area contributed by atoms with Gasteiger partial charge in [-0.25, -0.2) is 4.18 Å². The summed E-state index contributed by atoms with van der Waals surface area (Å²) in [4.78, 5) is 13.1. The summed E-state index contributed by atoms with van der Waals surface area (Å²) < 4.78 is 47.5. The van der Waals surface area contributed by atoms with E-state index in [2.05, 4.69) is 23.3 Å². The Bertz CT molecular complexity index is 1070. The van der Waals surface area contributed by atoms with Gasteiger partial charge in [0.1, 0.15) is 30.5 Å². The van der Waals surface area contributed by atoms with E-state index in [0.717, 1.165) is 38.5 Å². The number of unbranched alkanes of at least 4 members (excludes halogenated alkanes) is 27. The van der Waals surface area contributed by atoms with Gasteiger partial charge in [0.2, 0.25) is 5.91 Å². The molecule has 0 aliphatic carbocycles. The first-order valence-electron chi connectivity index (χ1n) is 23.5. The van der Waals surface area contributed by atoms with Crippen LogP contribution in [0.15, 0.2) is 0 Å². The molecule has 0 aromatic carbocycles. The van der Waals surface area contributed by atoms with Crippen LogP contribution in [0.4, 0.5) is 0 Å². The summed E-state index contributed by atoms with van der Waals surface area (Å²) in [5.41, 5.74) is 0. The first kappa shape index (κ1) is 55.1. The zero-order chi connectivity index (χ0) is 42.9. The molecule has 0 aromatic heterocycles. The van der Waals surface area contributed by atoms with Gasteiger partial charge in [-0.15, -0.1) is 0 Å². The number of nitrogens with one attached hydrogen (secondary N) is 1. The molecule has 13 nitrogen and oxygen atoms in total. The van der Waals surface area contributed by atoms with Gasteiger partial charge >= 0.3 is 10.4 Å². The van der Waals surface area contributed by atoms with Gasteiger partial charge in [-0.1, -0.05) is 200 Å². The molecule has 1 heterocycles. The standard InChI is InChI=1S/C44H87NO12S/c1-3-5-7-9-11-13-15-17-18-19-20-21-23-25-27-29-31-33-38(48)43(51)45-36(37(47)32-30-28-26-24-22-16-14-12-10-8-6-4-2)35-55-44-41(50)42(57-58(52,53)54)40(49)39(34-46)56-44/h36-42,44,46-50H,3-35H2,1-2H3,(H,45,51)(H,52,53,54). The summed E-state index contributed by atoms with van der Waals surface area (Å²) in [6.07, 6.45) is 24.3. The number of aliphatic hydroxyl groups excluding tert-OH is 5. The Labute approximate surface area is 352 Å². The molecule has 1 aliphatic rings. The topological polar surface area (TPSA) is 212 Å². The lowest BCUT2D eigenvalue weighted by Crippen LogP contribution is -2.61. The van der Waals surface area contributed by atoms with Crippen LogP contribution in [0.3, 0.4) is 0 Å². The molecule has 7 N–H and O–H groups in total. The first-order valence-corrected chi connectivity index (χ1v) is 24.9. The maximum absolute atomic E-state index is 13.1. The Balaban J connectivity index is 2.52. The minimum Gasteiger partial charge on any atom is -0.394 e. The van der Waals surface area contributed by atoms with Gasteiger partial charge < -0.3 is 40.3 Å². The lowest BCUT2D eigenvalue weighted by Gasteiger charge is -2.41. The van der Waals surface area contributed by atoms with E-state index in [4.69, 9.17) is 9.47 Å². The van der Waals surface area contributed by atoms with Crippen molar-refractivity contribution in [3.05, 3.63) is 0 Å². The number of hydrogen-bond donors (Lipinski definition) is 7. The molecule has 0 bridgehead atoms. The molecule has 14 heteroatoms. The number of hydrogen-bond acceptors (Lipinski definition) is 11. The maximum Gasteiger partial charge on any atom is 0.397 e. The van der Waals surface area contributed by atoms with Gasteiger partial charge in [-0.2, -0.15) is 8.42 Å². The second-order valence-electron chi connectivity index (χ2n) is 16.9. The third-order valence-electron chi connectivity index (χ3n) is 11.5. The average Bonchev–Trinajstić information content (AvgIpc) is 3.19. The van der Waals surface area contributed by atoms with Gasteiger partial charge in [-0.3, -0.25) is 9.35 Å². The van der Waals surface area contributed by atoms with E-state index in [-0.39, 0.29) is 6.42 Å². The van der Waals surface area contributed by atoms with Crippen LogP contribution >= 0.6 is 0 Å². The van der Waals surface area contributed by atoms with Crippen molar-refractivity contribution in [1.29, 1.82) is 0 Å². The molecule has 1 saturated heterocycles. The van der Waals surface area contributed by atoms with Crippen molar-refractivity contribution in [3.63, 3.8) is 0 Å². The SMILES string of the molecule is CCCCCCCCCCCCCCCCCCCC(O)C(=O)NC(COC1OC(CO)C(O)C(OS(=O)(=O)O)C1O)C(O)CCCCCCCCCCCCCC.